The minimum Gasteiger partial charge on any atom is -0.368 e. The molecule has 0 unspecified atom stereocenters. The second kappa shape index (κ2) is 5.58. The molecule has 0 atom stereocenters. The van der Waals surface area contributed by atoms with Crippen LogP contribution in [0.25, 0.3) is 0 Å². The zero-order valence-electron chi connectivity index (χ0n) is 10.2. The van der Waals surface area contributed by atoms with Gasteiger partial charge in [0, 0.05) is 18.0 Å². The van der Waals surface area contributed by atoms with Crippen LogP contribution in [0.15, 0.2) is 23.5 Å². The summed E-state index contributed by atoms with van der Waals surface area (Å²) in [6.45, 7) is 4.10. The maximum absolute atomic E-state index is 5.84. The van der Waals surface area contributed by atoms with E-state index < -0.39 is 0 Å². The molecule has 0 fully saturated rings. The highest BCUT2D eigenvalue weighted by Crippen LogP contribution is 2.26. The van der Waals surface area contributed by atoms with Gasteiger partial charge in [0.1, 0.15) is 5.15 Å². The Kier molecular flexibility index (Phi) is 4.08. The van der Waals surface area contributed by atoms with E-state index in [0.29, 0.717) is 11.1 Å². The average molecular weight is 284 g/mol. The Morgan fingerprint density at radius 1 is 1.44 bits per heavy atom. The molecule has 0 amide bonds. The molecule has 18 heavy (non-hydrogen) atoms. The van der Waals surface area contributed by atoms with Crippen molar-refractivity contribution in [2.24, 2.45) is 0 Å². The number of pyridine rings is 1. The van der Waals surface area contributed by atoms with Crippen LogP contribution < -0.4 is 5.73 Å². The van der Waals surface area contributed by atoms with E-state index in [4.69, 9.17) is 17.3 Å². The molecule has 0 aromatic carbocycles. The molecule has 0 saturated heterocycles. The molecule has 0 aliphatic carbocycles. The van der Waals surface area contributed by atoms with E-state index in [1.54, 1.807) is 18.0 Å². The molecule has 0 saturated carbocycles. The van der Waals surface area contributed by atoms with E-state index in [2.05, 4.69) is 15.2 Å². The summed E-state index contributed by atoms with van der Waals surface area (Å²) in [6, 6.07) is 4.01. The normalized spacial score (nSPS) is 11.1. The van der Waals surface area contributed by atoms with Crippen molar-refractivity contribution in [1.82, 2.24) is 19.7 Å². The van der Waals surface area contributed by atoms with Gasteiger partial charge in [0.2, 0.25) is 5.95 Å². The first-order valence-corrected chi connectivity index (χ1v) is 6.88. The minimum atomic E-state index is 0.239. The highest BCUT2D eigenvalue weighted by atomic mass is 35.5. The second-order valence-electron chi connectivity index (χ2n) is 4.08. The van der Waals surface area contributed by atoms with E-state index in [0.717, 1.165) is 16.5 Å². The quantitative estimate of drug-likeness (QED) is 0.690. The van der Waals surface area contributed by atoms with Crippen LogP contribution in [0.4, 0.5) is 5.95 Å². The molecule has 0 radical (unpaired) electrons. The van der Waals surface area contributed by atoms with Gasteiger partial charge < -0.3 is 5.73 Å². The topological polar surface area (TPSA) is 69.6 Å². The molecule has 2 N–H and O–H groups in total. The lowest BCUT2D eigenvalue weighted by Gasteiger charge is -2.11. The largest absolute Gasteiger partial charge is 0.368 e. The number of halogens is 1. The number of aromatic nitrogens is 4. The Labute approximate surface area is 115 Å². The van der Waals surface area contributed by atoms with E-state index in [1.165, 1.54) is 0 Å². The summed E-state index contributed by atoms with van der Waals surface area (Å²) in [6.07, 6.45) is 1.69. The maximum Gasteiger partial charge on any atom is 0.222 e. The van der Waals surface area contributed by atoms with Gasteiger partial charge in [0.25, 0.3) is 0 Å². The number of rotatable bonds is 4. The molecule has 0 bridgehead atoms. The van der Waals surface area contributed by atoms with Gasteiger partial charge >= 0.3 is 0 Å². The third-order valence-electron chi connectivity index (χ3n) is 2.37. The summed E-state index contributed by atoms with van der Waals surface area (Å²) in [5.41, 5.74) is 6.87. The van der Waals surface area contributed by atoms with Gasteiger partial charge in [-0.1, -0.05) is 23.4 Å². The van der Waals surface area contributed by atoms with Crippen molar-refractivity contribution < 1.29 is 0 Å². The molecule has 2 rings (SSSR count). The summed E-state index contributed by atoms with van der Waals surface area (Å²) in [5, 5.41) is 9.29. The van der Waals surface area contributed by atoms with Crippen molar-refractivity contribution in [3.63, 3.8) is 0 Å². The lowest BCUT2D eigenvalue weighted by Crippen LogP contribution is -2.07. The van der Waals surface area contributed by atoms with E-state index >= 15 is 0 Å². The van der Waals surface area contributed by atoms with Crippen LogP contribution in [0, 0.1) is 0 Å². The number of hydrogen-bond acceptors (Lipinski definition) is 5. The van der Waals surface area contributed by atoms with Crippen molar-refractivity contribution in [2.75, 3.05) is 5.73 Å². The van der Waals surface area contributed by atoms with Gasteiger partial charge in [-0.25, -0.2) is 4.98 Å². The third-order valence-corrected chi connectivity index (χ3v) is 3.59. The van der Waals surface area contributed by atoms with Crippen molar-refractivity contribution in [3.05, 3.63) is 29.0 Å². The minimum absolute atomic E-state index is 0.239. The Morgan fingerprint density at radius 3 is 2.89 bits per heavy atom. The summed E-state index contributed by atoms with van der Waals surface area (Å²) in [4.78, 5) is 3.95. The third kappa shape index (κ3) is 2.94. The molecule has 0 aliphatic rings. The Balaban J connectivity index is 2.11. The smallest absolute Gasteiger partial charge is 0.222 e. The lowest BCUT2D eigenvalue weighted by atomic mass is 10.3. The van der Waals surface area contributed by atoms with E-state index in [1.807, 2.05) is 30.5 Å². The van der Waals surface area contributed by atoms with Gasteiger partial charge in [-0.05, 0) is 31.5 Å². The van der Waals surface area contributed by atoms with Gasteiger partial charge in [-0.2, -0.15) is 0 Å². The second-order valence-corrected chi connectivity index (χ2v) is 5.41. The fourth-order valence-corrected chi connectivity index (χ4v) is 2.77. The first-order chi connectivity index (χ1) is 8.58. The highest BCUT2D eigenvalue weighted by Gasteiger charge is 2.12. The Hall–Kier alpha value is -1.27. The summed E-state index contributed by atoms with van der Waals surface area (Å²) < 4.78 is 1.91. The fourth-order valence-electron chi connectivity index (χ4n) is 1.55. The molecule has 96 valence electrons. The summed E-state index contributed by atoms with van der Waals surface area (Å²) >= 11 is 7.42. The monoisotopic (exact) mass is 283 g/mol. The Bertz CT molecular complexity index is 540. The molecule has 0 spiro atoms. The molecule has 2 aromatic rings. The molecular formula is C11H14ClN5S. The fraction of sp³-hybridized carbons (Fsp3) is 0.364. The molecular weight excluding hydrogens is 270 g/mol. The predicted molar refractivity (Wildman–Crippen MR) is 73.6 cm³/mol. The first kappa shape index (κ1) is 13.2. The van der Waals surface area contributed by atoms with Crippen molar-refractivity contribution in [1.29, 1.82) is 0 Å². The van der Waals surface area contributed by atoms with Crippen molar-refractivity contribution in [3.8, 4) is 0 Å². The van der Waals surface area contributed by atoms with Crippen LogP contribution in [0.3, 0.4) is 0 Å². The molecule has 2 heterocycles. The van der Waals surface area contributed by atoms with Gasteiger partial charge in [0.05, 0.1) is 0 Å². The number of anilines is 1. The molecule has 2 aromatic heterocycles. The lowest BCUT2D eigenvalue weighted by molar-refractivity contribution is 0.557. The number of hydrogen-bond donors (Lipinski definition) is 1. The summed E-state index contributed by atoms with van der Waals surface area (Å²) in [5.74, 6) is 1.20. The zero-order valence-corrected chi connectivity index (χ0v) is 11.7. The van der Waals surface area contributed by atoms with Crippen molar-refractivity contribution in [2.45, 2.75) is 30.8 Å². The zero-order chi connectivity index (χ0) is 13.1. The van der Waals surface area contributed by atoms with E-state index in [-0.39, 0.29) is 6.04 Å². The number of thioether (sulfide) groups is 1. The predicted octanol–water partition coefficient (Wildman–Crippen LogP) is 2.78. The number of nitrogens with two attached hydrogens (primary N) is 1. The maximum atomic E-state index is 5.84. The van der Waals surface area contributed by atoms with Crippen LogP contribution in [0.5, 0.6) is 0 Å². The SMILES string of the molecule is CC(C)n1c(N)nnc1SCc1ccnc(Cl)c1. The standard InChI is InChI=1S/C11H14ClN5S/c1-7(2)17-10(13)15-16-11(17)18-6-8-3-4-14-9(12)5-8/h3-5,7H,6H2,1-2H3,(H2,13,15). The van der Waals surface area contributed by atoms with E-state index in [9.17, 15) is 0 Å². The Morgan fingerprint density at radius 2 is 2.22 bits per heavy atom. The summed E-state index contributed by atoms with van der Waals surface area (Å²) in [7, 11) is 0. The van der Waals surface area contributed by atoms with Crippen molar-refractivity contribution >= 4 is 29.3 Å². The average Bonchev–Trinajstić information content (AvgIpc) is 2.68. The van der Waals surface area contributed by atoms with Crippen LogP contribution in [0.2, 0.25) is 5.15 Å². The van der Waals surface area contributed by atoms with Crippen LogP contribution >= 0.6 is 23.4 Å². The number of nitrogen functional groups attached to an aromatic ring is 1. The van der Waals surface area contributed by atoms with Gasteiger partial charge in [-0.15, -0.1) is 10.2 Å². The molecule has 5 nitrogen and oxygen atoms in total. The van der Waals surface area contributed by atoms with Crippen LogP contribution in [-0.4, -0.2) is 19.7 Å². The van der Waals surface area contributed by atoms with Crippen LogP contribution in [0.1, 0.15) is 25.5 Å². The van der Waals surface area contributed by atoms with Gasteiger partial charge in [0.15, 0.2) is 5.16 Å². The number of nitrogens with zero attached hydrogens (tertiary/aromatic N) is 4. The van der Waals surface area contributed by atoms with Gasteiger partial charge in [-0.3, -0.25) is 4.57 Å². The van der Waals surface area contributed by atoms with Crippen LogP contribution in [-0.2, 0) is 5.75 Å². The first-order valence-electron chi connectivity index (χ1n) is 5.51. The highest BCUT2D eigenvalue weighted by molar-refractivity contribution is 7.98. The molecule has 0 aliphatic heterocycles. The molecule has 7 heteroatoms.